The topological polar surface area (TPSA) is 26.3 Å². The van der Waals surface area contributed by atoms with Crippen molar-refractivity contribution in [3.63, 3.8) is 0 Å². The van der Waals surface area contributed by atoms with Crippen LogP contribution in [0.5, 0.6) is 0 Å². The summed E-state index contributed by atoms with van der Waals surface area (Å²) in [7, 11) is 0. The number of allylic oxidation sites excluding steroid dienone is 1. The molecule has 0 unspecified atom stereocenters. The lowest BCUT2D eigenvalue weighted by atomic mass is 9.67. The third-order valence-electron chi connectivity index (χ3n) is 4.76. The Bertz CT molecular complexity index is 467. The predicted octanol–water partition coefficient (Wildman–Crippen LogP) is 4.76. The lowest BCUT2D eigenvalue weighted by molar-refractivity contribution is 0.00919. The molecule has 1 fully saturated rings. The average molecular weight is 272 g/mol. The number of esters is 1. The van der Waals surface area contributed by atoms with Crippen LogP contribution in [0.4, 0.5) is 0 Å². The molecule has 0 radical (unpaired) electrons. The van der Waals surface area contributed by atoms with Gasteiger partial charge in [-0.25, -0.2) is 4.79 Å². The minimum atomic E-state index is -0.199. The van der Waals surface area contributed by atoms with Gasteiger partial charge in [0, 0.05) is 0 Å². The summed E-state index contributed by atoms with van der Waals surface area (Å²) in [5, 5.41) is 0. The molecule has 0 bridgehead atoms. The molecule has 0 aromatic heterocycles. The second-order valence-electron chi connectivity index (χ2n) is 5.88. The van der Waals surface area contributed by atoms with E-state index in [1.807, 2.05) is 18.2 Å². The summed E-state index contributed by atoms with van der Waals surface area (Å²) in [5.74, 6) is -0.199. The van der Waals surface area contributed by atoms with Crippen LogP contribution in [-0.2, 0) is 4.74 Å². The van der Waals surface area contributed by atoms with Crippen LogP contribution in [-0.4, -0.2) is 12.1 Å². The molecule has 1 aliphatic carbocycles. The van der Waals surface area contributed by atoms with Gasteiger partial charge in [-0.05, 0) is 56.6 Å². The summed E-state index contributed by atoms with van der Waals surface area (Å²) in [5.41, 5.74) is 2.17. The number of rotatable bonds is 4. The first-order valence-electron chi connectivity index (χ1n) is 7.49. The summed E-state index contributed by atoms with van der Waals surface area (Å²) in [6, 6.07) is 9.23. The summed E-state index contributed by atoms with van der Waals surface area (Å²) in [6.45, 7) is 8.50. The third-order valence-corrected chi connectivity index (χ3v) is 4.76. The van der Waals surface area contributed by atoms with E-state index in [1.54, 1.807) is 12.1 Å². The number of carbonyl (C=O) groups is 1. The molecule has 2 rings (SSSR count). The van der Waals surface area contributed by atoms with E-state index in [0.717, 1.165) is 32.1 Å². The first-order valence-corrected chi connectivity index (χ1v) is 7.49. The highest BCUT2D eigenvalue weighted by molar-refractivity contribution is 5.89. The Morgan fingerprint density at radius 2 is 1.90 bits per heavy atom. The van der Waals surface area contributed by atoms with Crippen LogP contribution < -0.4 is 0 Å². The molecular formula is C18H24O2. The van der Waals surface area contributed by atoms with Crippen LogP contribution >= 0.6 is 0 Å². The molecule has 108 valence electrons. The van der Waals surface area contributed by atoms with Gasteiger partial charge in [0.1, 0.15) is 6.10 Å². The maximum absolute atomic E-state index is 12.0. The molecule has 0 heterocycles. The zero-order valence-electron chi connectivity index (χ0n) is 12.5. The lowest BCUT2D eigenvalue weighted by Crippen LogP contribution is -2.32. The quantitative estimate of drug-likeness (QED) is 0.583. The van der Waals surface area contributed by atoms with E-state index in [0.29, 0.717) is 5.56 Å². The maximum Gasteiger partial charge on any atom is 0.338 e. The Kier molecular flexibility index (Phi) is 4.64. The fourth-order valence-corrected chi connectivity index (χ4v) is 3.14. The summed E-state index contributed by atoms with van der Waals surface area (Å²) >= 11 is 0. The third kappa shape index (κ3) is 3.12. The van der Waals surface area contributed by atoms with Crippen LogP contribution in [0.15, 0.2) is 42.5 Å². The standard InChI is InChI=1S/C18H24O2/c1-4-18(14(2)3)12-10-16(11-13-18)20-17(19)15-8-6-5-7-9-15/h5-9,16H,2,4,10-13H2,1,3H3. The molecule has 0 amide bonds. The van der Waals surface area contributed by atoms with Gasteiger partial charge in [0.25, 0.3) is 0 Å². The zero-order chi connectivity index (χ0) is 14.6. The van der Waals surface area contributed by atoms with E-state index >= 15 is 0 Å². The highest BCUT2D eigenvalue weighted by Gasteiger charge is 2.35. The minimum Gasteiger partial charge on any atom is -0.459 e. The van der Waals surface area contributed by atoms with Crippen molar-refractivity contribution in [3.05, 3.63) is 48.0 Å². The van der Waals surface area contributed by atoms with Crippen LogP contribution in [0.2, 0.25) is 0 Å². The van der Waals surface area contributed by atoms with Crippen molar-refractivity contribution in [1.82, 2.24) is 0 Å². The van der Waals surface area contributed by atoms with Crippen LogP contribution in [0.1, 0.15) is 56.3 Å². The maximum atomic E-state index is 12.0. The Morgan fingerprint density at radius 1 is 1.30 bits per heavy atom. The molecule has 0 saturated heterocycles. The van der Waals surface area contributed by atoms with E-state index in [2.05, 4.69) is 20.4 Å². The van der Waals surface area contributed by atoms with Crippen molar-refractivity contribution < 1.29 is 9.53 Å². The fourth-order valence-electron chi connectivity index (χ4n) is 3.14. The van der Waals surface area contributed by atoms with Crippen LogP contribution in [0.3, 0.4) is 0 Å². The molecule has 0 aliphatic heterocycles. The Morgan fingerprint density at radius 3 is 2.40 bits per heavy atom. The van der Waals surface area contributed by atoms with E-state index in [4.69, 9.17) is 4.74 Å². The molecule has 2 heteroatoms. The molecule has 1 aromatic rings. The molecule has 0 N–H and O–H groups in total. The van der Waals surface area contributed by atoms with Gasteiger partial charge in [0.15, 0.2) is 0 Å². The summed E-state index contributed by atoms with van der Waals surface area (Å²) < 4.78 is 5.63. The Labute approximate surface area is 121 Å². The highest BCUT2D eigenvalue weighted by atomic mass is 16.5. The van der Waals surface area contributed by atoms with Crippen molar-refractivity contribution >= 4 is 5.97 Å². The number of hydrogen-bond donors (Lipinski definition) is 0. The first kappa shape index (κ1) is 14.8. The summed E-state index contributed by atoms with van der Waals surface area (Å²) in [6.07, 6.45) is 5.22. The fraction of sp³-hybridized carbons (Fsp3) is 0.500. The number of carbonyl (C=O) groups excluding carboxylic acids is 1. The van der Waals surface area contributed by atoms with Gasteiger partial charge in [-0.1, -0.05) is 37.3 Å². The van der Waals surface area contributed by atoms with Gasteiger partial charge in [0.05, 0.1) is 5.56 Å². The molecule has 2 nitrogen and oxygen atoms in total. The van der Waals surface area contributed by atoms with Crippen LogP contribution in [0.25, 0.3) is 0 Å². The lowest BCUT2D eigenvalue weighted by Gasteiger charge is -2.40. The van der Waals surface area contributed by atoms with Gasteiger partial charge >= 0.3 is 5.97 Å². The van der Waals surface area contributed by atoms with Gasteiger partial charge in [-0.3, -0.25) is 0 Å². The predicted molar refractivity (Wildman–Crippen MR) is 81.7 cm³/mol. The van der Waals surface area contributed by atoms with Crippen molar-refractivity contribution in [3.8, 4) is 0 Å². The number of benzene rings is 1. The normalized spacial score (nSPS) is 26.0. The second-order valence-corrected chi connectivity index (χ2v) is 5.88. The van der Waals surface area contributed by atoms with Crippen molar-refractivity contribution in [1.29, 1.82) is 0 Å². The molecule has 1 aliphatic rings. The zero-order valence-corrected chi connectivity index (χ0v) is 12.5. The molecule has 1 saturated carbocycles. The molecule has 0 spiro atoms. The number of ether oxygens (including phenoxy) is 1. The monoisotopic (exact) mass is 272 g/mol. The molecule has 20 heavy (non-hydrogen) atoms. The Hall–Kier alpha value is -1.57. The molecular weight excluding hydrogens is 248 g/mol. The first-order chi connectivity index (χ1) is 9.57. The minimum absolute atomic E-state index is 0.0572. The number of hydrogen-bond acceptors (Lipinski definition) is 2. The van der Waals surface area contributed by atoms with Gasteiger partial charge in [-0.15, -0.1) is 0 Å². The average Bonchev–Trinajstić information content (AvgIpc) is 2.49. The van der Waals surface area contributed by atoms with Crippen molar-refractivity contribution in [2.75, 3.05) is 0 Å². The summed E-state index contributed by atoms with van der Waals surface area (Å²) in [4.78, 5) is 12.0. The van der Waals surface area contributed by atoms with E-state index < -0.39 is 0 Å². The highest BCUT2D eigenvalue weighted by Crippen LogP contribution is 2.45. The van der Waals surface area contributed by atoms with E-state index in [1.165, 1.54) is 5.57 Å². The van der Waals surface area contributed by atoms with E-state index in [-0.39, 0.29) is 17.5 Å². The van der Waals surface area contributed by atoms with Gasteiger partial charge in [0.2, 0.25) is 0 Å². The van der Waals surface area contributed by atoms with Crippen LogP contribution in [0, 0.1) is 5.41 Å². The molecule has 0 atom stereocenters. The molecule has 1 aromatic carbocycles. The van der Waals surface area contributed by atoms with Gasteiger partial charge in [-0.2, -0.15) is 0 Å². The SMILES string of the molecule is C=C(C)C1(CC)CCC(OC(=O)c2ccccc2)CC1. The van der Waals surface area contributed by atoms with Crippen molar-refractivity contribution in [2.45, 2.75) is 52.1 Å². The van der Waals surface area contributed by atoms with Crippen molar-refractivity contribution in [2.24, 2.45) is 5.41 Å². The van der Waals surface area contributed by atoms with Gasteiger partial charge < -0.3 is 4.74 Å². The Balaban J connectivity index is 1.92. The smallest absolute Gasteiger partial charge is 0.338 e. The second kappa shape index (κ2) is 6.25. The largest absolute Gasteiger partial charge is 0.459 e. The van der Waals surface area contributed by atoms with E-state index in [9.17, 15) is 4.79 Å².